The Morgan fingerprint density at radius 1 is 1.47 bits per heavy atom. The second-order valence-corrected chi connectivity index (χ2v) is 4.18. The Bertz CT molecular complexity index is 561. The van der Waals surface area contributed by atoms with Gasteiger partial charge in [-0.25, -0.2) is 4.39 Å². The van der Waals surface area contributed by atoms with Gasteiger partial charge in [-0.1, -0.05) is 0 Å². The fraction of sp³-hybridized carbons (Fsp3) is 0.417. The maximum absolute atomic E-state index is 13.0. The van der Waals surface area contributed by atoms with Crippen molar-refractivity contribution >= 4 is 23.3 Å². The molecule has 0 radical (unpaired) electrons. The van der Waals surface area contributed by atoms with E-state index in [0.29, 0.717) is 11.4 Å². The Hall–Kier alpha value is -1.20. The summed E-state index contributed by atoms with van der Waals surface area (Å²) in [7, 11) is 0. The van der Waals surface area contributed by atoms with Gasteiger partial charge in [0.15, 0.2) is 4.77 Å². The van der Waals surface area contributed by atoms with Gasteiger partial charge < -0.3 is 14.3 Å². The molecule has 0 unspecified atom stereocenters. The molecule has 0 aliphatic heterocycles. The zero-order valence-electron chi connectivity index (χ0n) is 9.70. The van der Waals surface area contributed by atoms with Crippen LogP contribution in [0.2, 0.25) is 0 Å². The van der Waals surface area contributed by atoms with E-state index in [1.807, 2.05) is 11.5 Å². The van der Waals surface area contributed by atoms with E-state index in [2.05, 4.69) is 4.98 Å². The lowest BCUT2D eigenvalue weighted by Crippen LogP contribution is -2.02. The van der Waals surface area contributed by atoms with Crippen molar-refractivity contribution in [2.24, 2.45) is 0 Å². The second-order valence-electron chi connectivity index (χ2n) is 3.79. The van der Waals surface area contributed by atoms with Crippen LogP contribution < -0.4 is 0 Å². The third-order valence-corrected chi connectivity index (χ3v) is 2.93. The molecule has 1 aromatic heterocycles. The van der Waals surface area contributed by atoms with Gasteiger partial charge in [0, 0.05) is 19.8 Å². The Morgan fingerprint density at radius 2 is 2.29 bits per heavy atom. The minimum Gasteiger partial charge on any atom is -0.382 e. The number of benzene rings is 1. The van der Waals surface area contributed by atoms with Crippen molar-refractivity contribution in [2.45, 2.75) is 19.9 Å². The maximum atomic E-state index is 13.0. The first-order chi connectivity index (χ1) is 8.22. The highest BCUT2D eigenvalue weighted by atomic mass is 32.1. The molecule has 0 aliphatic rings. The molecule has 0 aliphatic carbocycles. The number of ether oxygens (including phenoxy) is 1. The standard InChI is InChI=1S/C12H15FN2OS/c1-2-16-7-3-6-15-11-5-4-9(13)8-10(11)14-12(15)17/h4-5,8H,2-3,6-7H2,1H3,(H,14,17). The lowest BCUT2D eigenvalue weighted by Gasteiger charge is -2.04. The third-order valence-electron chi connectivity index (χ3n) is 2.61. The summed E-state index contributed by atoms with van der Waals surface area (Å²) < 4.78 is 20.9. The summed E-state index contributed by atoms with van der Waals surface area (Å²) in [4.78, 5) is 3.01. The number of hydrogen-bond acceptors (Lipinski definition) is 2. The average molecular weight is 254 g/mol. The molecule has 0 atom stereocenters. The SMILES string of the molecule is CCOCCCn1c(=S)[nH]c2cc(F)ccc21. The van der Waals surface area contributed by atoms with Gasteiger partial charge in [-0.3, -0.25) is 0 Å². The molecule has 0 saturated heterocycles. The van der Waals surface area contributed by atoms with Gasteiger partial charge in [-0.15, -0.1) is 0 Å². The molecule has 17 heavy (non-hydrogen) atoms. The summed E-state index contributed by atoms with van der Waals surface area (Å²) in [5.41, 5.74) is 1.68. The number of halogens is 1. The fourth-order valence-corrected chi connectivity index (χ4v) is 2.13. The zero-order chi connectivity index (χ0) is 12.3. The molecule has 2 aromatic rings. The summed E-state index contributed by atoms with van der Waals surface area (Å²) in [6.07, 6.45) is 0.895. The van der Waals surface area contributed by atoms with E-state index in [1.165, 1.54) is 12.1 Å². The van der Waals surface area contributed by atoms with Crippen LogP contribution in [-0.4, -0.2) is 22.8 Å². The lowest BCUT2D eigenvalue weighted by molar-refractivity contribution is 0.142. The predicted octanol–water partition coefficient (Wildman–Crippen LogP) is 3.26. The van der Waals surface area contributed by atoms with Crippen LogP contribution in [0.5, 0.6) is 0 Å². The fourth-order valence-electron chi connectivity index (χ4n) is 1.83. The highest BCUT2D eigenvalue weighted by Gasteiger charge is 2.04. The largest absolute Gasteiger partial charge is 0.382 e. The molecule has 1 N–H and O–H groups in total. The molecule has 0 bridgehead atoms. The summed E-state index contributed by atoms with van der Waals surface area (Å²) >= 11 is 5.22. The van der Waals surface area contributed by atoms with Gasteiger partial charge in [0.1, 0.15) is 5.82 Å². The van der Waals surface area contributed by atoms with Crippen LogP contribution in [0.3, 0.4) is 0 Å². The average Bonchev–Trinajstić information content (AvgIpc) is 2.60. The molecule has 2 rings (SSSR count). The van der Waals surface area contributed by atoms with Crippen LogP contribution in [-0.2, 0) is 11.3 Å². The number of nitrogens with one attached hydrogen (secondary N) is 1. The van der Waals surface area contributed by atoms with Gasteiger partial charge in [0.05, 0.1) is 11.0 Å². The summed E-state index contributed by atoms with van der Waals surface area (Å²) in [6.45, 7) is 4.20. The Balaban J connectivity index is 2.21. The van der Waals surface area contributed by atoms with Crippen LogP contribution in [0, 0.1) is 10.6 Å². The molecule has 0 spiro atoms. The van der Waals surface area contributed by atoms with Gasteiger partial charge in [0.25, 0.3) is 0 Å². The zero-order valence-corrected chi connectivity index (χ0v) is 10.5. The van der Waals surface area contributed by atoms with Crippen molar-refractivity contribution in [3.63, 3.8) is 0 Å². The topological polar surface area (TPSA) is 29.9 Å². The van der Waals surface area contributed by atoms with Crippen LogP contribution in [0.15, 0.2) is 18.2 Å². The lowest BCUT2D eigenvalue weighted by atomic mass is 10.3. The number of aromatic nitrogens is 2. The van der Waals surface area contributed by atoms with E-state index in [9.17, 15) is 4.39 Å². The molecule has 0 amide bonds. The second kappa shape index (κ2) is 5.42. The first kappa shape index (κ1) is 12.3. The van der Waals surface area contributed by atoms with E-state index >= 15 is 0 Å². The van der Waals surface area contributed by atoms with E-state index in [1.54, 1.807) is 6.07 Å². The van der Waals surface area contributed by atoms with Gasteiger partial charge >= 0.3 is 0 Å². The number of hydrogen-bond donors (Lipinski definition) is 1. The van der Waals surface area contributed by atoms with Gasteiger partial charge in [-0.2, -0.15) is 0 Å². The minimum absolute atomic E-state index is 0.254. The van der Waals surface area contributed by atoms with Crippen molar-refractivity contribution in [1.29, 1.82) is 0 Å². The Kier molecular flexibility index (Phi) is 3.91. The van der Waals surface area contributed by atoms with Crippen LogP contribution in [0.1, 0.15) is 13.3 Å². The maximum Gasteiger partial charge on any atom is 0.178 e. The first-order valence-corrected chi connectivity index (χ1v) is 6.09. The van der Waals surface area contributed by atoms with Gasteiger partial charge in [0.2, 0.25) is 0 Å². The summed E-state index contributed by atoms with van der Waals surface area (Å²) in [6, 6.07) is 4.66. The van der Waals surface area contributed by atoms with Crippen molar-refractivity contribution < 1.29 is 9.13 Å². The van der Waals surface area contributed by atoms with Crippen molar-refractivity contribution in [1.82, 2.24) is 9.55 Å². The highest BCUT2D eigenvalue weighted by Crippen LogP contribution is 2.15. The molecule has 92 valence electrons. The first-order valence-electron chi connectivity index (χ1n) is 5.68. The minimum atomic E-state index is -0.254. The molecular formula is C12H15FN2OS. The number of imidazole rings is 1. The number of rotatable bonds is 5. The monoisotopic (exact) mass is 254 g/mol. The van der Waals surface area contributed by atoms with Crippen LogP contribution >= 0.6 is 12.2 Å². The molecule has 0 saturated carbocycles. The van der Waals surface area contributed by atoms with Crippen LogP contribution in [0.25, 0.3) is 11.0 Å². The van der Waals surface area contributed by atoms with Gasteiger partial charge in [-0.05, 0) is 43.8 Å². The van der Waals surface area contributed by atoms with Crippen LogP contribution in [0.4, 0.5) is 4.39 Å². The highest BCUT2D eigenvalue weighted by molar-refractivity contribution is 7.71. The smallest absolute Gasteiger partial charge is 0.178 e. The molecule has 0 fully saturated rings. The van der Waals surface area contributed by atoms with Crippen molar-refractivity contribution in [3.05, 3.63) is 28.8 Å². The van der Waals surface area contributed by atoms with Crippen molar-refractivity contribution in [2.75, 3.05) is 13.2 Å². The third kappa shape index (κ3) is 2.73. The van der Waals surface area contributed by atoms with E-state index < -0.39 is 0 Å². The predicted molar refractivity (Wildman–Crippen MR) is 68.2 cm³/mol. The number of aryl methyl sites for hydroxylation is 1. The molecule has 1 aromatic carbocycles. The number of fused-ring (bicyclic) bond motifs is 1. The quantitative estimate of drug-likeness (QED) is 0.655. The normalized spacial score (nSPS) is 11.2. The summed E-state index contributed by atoms with van der Waals surface area (Å²) in [5.74, 6) is -0.254. The van der Waals surface area contributed by atoms with E-state index in [4.69, 9.17) is 17.0 Å². The number of nitrogens with zero attached hydrogens (tertiary/aromatic N) is 1. The van der Waals surface area contributed by atoms with E-state index in [0.717, 1.165) is 30.6 Å². The van der Waals surface area contributed by atoms with Crippen molar-refractivity contribution in [3.8, 4) is 0 Å². The molecule has 5 heteroatoms. The molecular weight excluding hydrogens is 239 g/mol. The molecule has 1 heterocycles. The Morgan fingerprint density at radius 3 is 3.06 bits per heavy atom. The summed E-state index contributed by atoms with van der Waals surface area (Å²) in [5, 5.41) is 0. The number of aromatic amines is 1. The number of H-pyrrole nitrogens is 1. The molecule has 3 nitrogen and oxygen atoms in total. The van der Waals surface area contributed by atoms with E-state index in [-0.39, 0.29) is 5.82 Å². The Labute approximate surface area is 104 Å².